The number of hydrogen-bond donors (Lipinski definition) is 1. The van der Waals surface area contributed by atoms with Crippen molar-refractivity contribution >= 4 is 5.69 Å². The maximum atomic E-state index is 13.4. The van der Waals surface area contributed by atoms with E-state index >= 15 is 0 Å². The van der Waals surface area contributed by atoms with Gasteiger partial charge in [-0.15, -0.1) is 0 Å². The van der Waals surface area contributed by atoms with Crippen molar-refractivity contribution < 1.29 is 4.39 Å². The fourth-order valence-electron chi connectivity index (χ4n) is 2.66. The van der Waals surface area contributed by atoms with E-state index in [0.717, 1.165) is 38.0 Å². The smallest absolute Gasteiger partial charge is 0.125 e. The first kappa shape index (κ1) is 11.0. The molecule has 0 unspecified atom stereocenters. The summed E-state index contributed by atoms with van der Waals surface area (Å²) in [7, 11) is 0. The summed E-state index contributed by atoms with van der Waals surface area (Å²) in [5, 5.41) is 0. The predicted octanol–water partition coefficient (Wildman–Crippen LogP) is 2.46. The molecule has 3 rings (SSSR count). The molecule has 1 aromatic rings. The molecular formula is C14H19FN2. The molecular weight excluding hydrogens is 215 g/mol. The van der Waals surface area contributed by atoms with Crippen LogP contribution in [0, 0.1) is 5.82 Å². The maximum absolute atomic E-state index is 13.4. The molecule has 0 radical (unpaired) electrons. The minimum atomic E-state index is -0.141. The summed E-state index contributed by atoms with van der Waals surface area (Å²) in [4.78, 5) is 2.30. The molecule has 0 amide bonds. The van der Waals surface area contributed by atoms with E-state index in [1.807, 2.05) is 6.07 Å². The number of anilines is 1. The van der Waals surface area contributed by atoms with Crippen LogP contribution < -0.4 is 10.6 Å². The van der Waals surface area contributed by atoms with E-state index in [0.29, 0.717) is 0 Å². The van der Waals surface area contributed by atoms with Gasteiger partial charge in [-0.05, 0) is 49.8 Å². The molecule has 1 saturated carbocycles. The first-order chi connectivity index (χ1) is 8.16. The van der Waals surface area contributed by atoms with Crippen molar-refractivity contribution in [3.8, 4) is 0 Å². The molecule has 2 nitrogen and oxygen atoms in total. The third-order valence-corrected chi connectivity index (χ3v) is 3.93. The van der Waals surface area contributed by atoms with Crippen LogP contribution in [-0.4, -0.2) is 18.6 Å². The topological polar surface area (TPSA) is 29.3 Å². The quantitative estimate of drug-likeness (QED) is 0.870. The summed E-state index contributed by atoms with van der Waals surface area (Å²) in [6, 6.07) is 5.14. The first-order valence-corrected chi connectivity index (χ1v) is 6.49. The lowest BCUT2D eigenvalue weighted by Crippen LogP contribution is -2.27. The monoisotopic (exact) mass is 234 g/mol. The molecule has 1 aromatic carbocycles. The van der Waals surface area contributed by atoms with Crippen LogP contribution in [-0.2, 0) is 6.42 Å². The molecule has 0 spiro atoms. The minimum absolute atomic E-state index is 0.00764. The molecule has 1 saturated heterocycles. The Balaban J connectivity index is 1.89. The van der Waals surface area contributed by atoms with Crippen LogP contribution in [0.25, 0.3) is 0 Å². The number of nitrogens with two attached hydrogens (primary N) is 1. The lowest BCUT2D eigenvalue weighted by Gasteiger charge is -2.23. The van der Waals surface area contributed by atoms with E-state index in [1.54, 1.807) is 12.1 Å². The second-order valence-electron chi connectivity index (χ2n) is 5.51. The predicted molar refractivity (Wildman–Crippen MR) is 67.7 cm³/mol. The van der Waals surface area contributed by atoms with Gasteiger partial charge in [0.05, 0.1) is 0 Å². The van der Waals surface area contributed by atoms with Crippen molar-refractivity contribution in [2.24, 2.45) is 5.73 Å². The summed E-state index contributed by atoms with van der Waals surface area (Å²) in [5.41, 5.74) is 8.45. The van der Waals surface area contributed by atoms with Crippen LogP contribution in [0.3, 0.4) is 0 Å². The van der Waals surface area contributed by atoms with Crippen LogP contribution in [0.4, 0.5) is 10.1 Å². The van der Waals surface area contributed by atoms with Gasteiger partial charge >= 0.3 is 0 Å². The van der Waals surface area contributed by atoms with Gasteiger partial charge in [-0.2, -0.15) is 0 Å². The van der Waals surface area contributed by atoms with Crippen LogP contribution in [0.1, 0.15) is 31.2 Å². The Morgan fingerprint density at radius 3 is 2.59 bits per heavy atom. The largest absolute Gasteiger partial charge is 0.371 e. The van der Waals surface area contributed by atoms with E-state index < -0.39 is 0 Å². The van der Waals surface area contributed by atoms with Crippen molar-refractivity contribution in [1.82, 2.24) is 0 Å². The van der Waals surface area contributed by atoms with Gasteiger partial charge in [0.2, 0.25) is 0 Å². The summed E-state index contributed by atoms with van der Waals surface area (Å²) < 4.78 is 13.4. The average Bonchev–Trinajstić information content (AvgIpc) is 2.83. The van der Waals surface area contributed by atoms with Crippen molar-refractivity contribution in [3.05, 3.63) is 29.6 Å². The summed E-state index contributed by atoms with van der Waals surface area (Å²) >= 11 is 0. The van der Waals surface area contributed by atoms with E-state index in [-0.39, 0.29) is 11.4 Å². The highest BCUT2D eigenvalue weighted by Crippen LogP contribution is 2.38. The third-order valence-electron chi connectivity index (χ3n) is 3.93. The lowest BCUT2D eigenvalue weighted by atomic mass is 10.0. The van der Waals surface area contributed by atoms with Crippen molar-refractivity contribution in [2.45, 2.75) is 37.6 Å². The number of halogens is 1. The van der Waals surface area contributed by atoms with E-state index in [1.165, 1.54) is 18.4 Å². The molecule has 0 aromatic heterocycles. The van der Waals surface area contributed by atoms with Gasteiger partial charge in [-0.25, -0.2) is 4.39 Å². The molecule has 2 aliphatic rings. The van der Waals surface area contributed by atoms with Gasteiger partial charge in [0.15, 0.2) is 0 Å². The van der Waals surface area contributed by atoms with Crippen LogP contribution in [0.2, 0.25) is 0 Å². The van der Waals surface area contributed by atoms with Crippen LogP contribution >= 0.6 is 0 Å². The third kappa shape index (κ3) is 2.29. The fourth-order valence-corrected chi connectivity index (χ4v) is 2.66. The summed E-state index contributed by atoms with van der Waals surface area (Å²) in [6.45, 7) is 2.10. The van der Waals surface area contributed by atoms with Crippen molar-refractivity contribution in [3.63, 3.8) is 0 Å². The molecule has 2 N–H and O–H groups in total. The molecule has 1 aliphatic heterocycles. The average molecular weight is 234 g/mol. The van der Waals surface area contributed by atoms with Crippen LogP contribution in [0.5, 0.6) is 0 Å². The molecule has 0 atom stereocenters. The maximum Gasteiger partial charge on any atom is 0.125 e. The highest BCUT2D eigenvalue weighted by atomic mass is 19.1. The summed E-state index contributed by atoms with van der Waals surface area (Å²) in [6.07, 6.45) is 5.51. The lowest BCUT2D eigenvalue weighted by molar-refractivity contribution is 0.622. The Hall–Kier alpha value is -1.09. The van der Waals surface area contributed by atoms with Gasteiger partial charge in [0.25, 0.3) is 0 Å². The Morgan fingerprint density at radius 2 is 1.94 bits per heavy atom. The zero-order valence-electron chi connectivity index (χ0n) is 10.1. The fraction of sp³-hybridized carbons (Fsp3) is 0.571. The van der Waals surface area contributed by atoms with E-state index in [2.05, 4.69) is 4.90 Å². The van der Waals surface area contributed by atoms with Gasteiger partial charge in [0, 0.05) is 24.3 Å². The molecule has 1 aliphatic carbocycles. The highest BCUT2D eigenvalue weighted by Gasteiger charge is 2.38. The molecule has 0 bridgehead atoms. The van der Waals surface area contributed by atoms with Crippen molar-refractivity contribution in [1.29, 1.82) is 0 Å². The zero-order valence-corrected chi connectivity index (χ0v) is 10.1. The minimum Gasteiger partial charge on any atom is -0.371 e. The normalized spacial score (nSPS) is 21.9. The standard InChI is InChI=1S/C14H19FN2/c15-12-4-3-11(10-14(16)5-6-14)13(9-12)17-7-1-2-8-17/h3-4,9H,1-2,5-8,10,16H2. The second-order valence-corrected chi connectivity index (χ2v) is 5.51. The van der Waals surface area contributed by atoms with Gasteiger partial charge in [-0.3, -0.25) is 0 Å². The molecule has 2 fully saturated rings. The molecule has 1 heterocycles. The van der Waals surface area contributed by atoms with E-state index in [4.69, 9.17) is 5.73 Å². The number of hydrogen-bond acceptors (Lipinski definition) is 2. The van der Waals surface area contributed by atoms with Gasteiger partial charge < -0.3 is 10.6 Å². The molecule has 3 heteroatoms. The number of rotatable bonds is 3. The zero-order chi connectivity index (χ0) is 11.9. The SMILES string of the molecule is NC1(Cc2ccc(F)cc2N2CCCC2)CC1. The number of nitrogens with zero attached hydrogens (tertiary/aromatic N) is 1. The van der Waals surface area contributed by atoms with Gasteiger partial charge in [-0.1, -0.05) is 6.07 Å². The Morgan fingerprint density at radius 1 is 1.24 bits per heavy atom. The highest BCUT2D eigenvalue weighted by molar-refractivity contribution is 5.55. The number of benzene rings is 1. The van der Waals surface area contributed by atoms with Gasteiger partial charge in [0.1, 0.15) is 5.82 Å². The Labute approximate surface area is 102 Å². The molecule has 17 heavy (non-hydrogen) atoms. The van der Waals surface area contributed by atoms with Crippen LogP contribution in [0.15, 0.2) is 18.2 Å². The van der Waals surface area contributed by atoms with Crippen molar-refractivity contribution in [2.75, 3.05) is 18.0 Å². The second kappa shape index (κ2) is 3.98. The van der Waals surface area contributed by atoms with E-state index in [9.17, 15) is 4.39 Å². The summed E-state index contributed by atoms with van der Waals surface area (Å²) in [5.74, 6) is -0.141. The molecule has 92 valence electrons. The first-order valence-electron chi connectivity index (χ1n) is 6.49. The Bertz CT molecular complexity index is 420. The Kier molecular flexibility index (Phi) is 2.58.